The molecule has 0 bridgehead atoms. The lowest BCUT2D eigenvalue weighted by atomic mass is 9.99. The fourth-order valence-electron chi connectivity index (χ4n) is 2.80. The molecule has 0 aromatic carbocycles. The maximum Gasteiger partial charge on any atom is 0.302 e. The normalized spacial score (nSPS) is 22.8. The second-order valence-corrected chi connectivity index (χ2v) is 6.59. The largest absolute Gasteiger partial charge is 0.463 e. The summed E-state index contributed by atoms with van der Waals surface area (Å²) >= 11 is 0. The second-order valence-electron chi connectivity index (χ2n) is 6.59. The van der Waals surface area contributed by atoms with Crippen LogP contribution in [0.2, 0.25) is 0 Å². The molecule has 1 heterocycles. The Bertz CT molecular complexity index is 627. The van der Waals surface area contributed by atoms with Crippen LogP contribution in [0.1, 0.15) is 27.2 Å². The highest BCUT2D eigenvalue weighted by atomic mass is 16.7. The first-order valence-corrected chi connectivity index (χ1v) is 9.84. The minimum Gasteiger partial charge on any atom is -0.463 e. The minimum absolute atomic E-state index is 0.0383. The average Bonchev–Trinajstić information content (AvgIpc) is 2.69. The summed E-state index contributed by atoms with van der Waals surface area (Å²) in [6, 6.07) is -0.737. The van der Waals surface area contributed by atoms with Gasteiger partial charge in [0, 0.05) is 38.6 Å². The molecule has 13 heteroatoms. The molecule has 0 saturated carbocycles. The van der Waals surface area contributed by atoms with Gasteiger partial charge in [0.2, 0.25) is 5.91 Å². The molecule has 4 atom stereocenters. The van der Waals surface area contributed by atoms with Gasteiger partial charge in [-0.05, 0) is 5.53 Å². The van der Waals surface area contributed by atoms with Crippen molar-refractivity contribution in [3.63, 3.8) is 0 Å². The molecule has 1 aliphatic rings. The zero-order valence-corrected chi connectivity index (χ0v) is 18.0. The molecule has 1 amide bonds. The van der Waals surface area contributed by atoms with Gasteiger partial charge in [-0.25, -0.2) is 0 Å². The van der Waals surface area contributed by atoms with Gasteiger partial charge in [-0.2, -0.15) is 0 Å². The molecule has 1 saturated heterocycles. The van der Waals surface area contributed by atoms with Crippen LogP contribution in [0.4, 0.5) is 0 Å². The number of hydrogen-bond donors (Lipinski definition) is 1. The first-order valence-electron chi connectivity index (χ1n) is 9.84. The van der Waals surface area contributed by atoms with E-state index in [4.69, 9.17) is 34.0 Å². The van der Waals surface area contributed by atoms with Crippen LogP contribution >= 0.6 is 0 Å². The lowest BCUT2D eigenvalue weighted by molar-refractivity contribution is -0.245. The molecule has 0 spiro atoms. The van der Waals surface area contributed by atoms with E-state index < -0.39 is 36.5 Å². The summed E-state index contributed by atoms with van der Waals surface area (Å²) in [4.78, 5) is 36.9. The Labute approximate surface area is 180 Å². The third-order valence-corrected chi connectivity index (χ3v) is 3.96. The van der Waals surface area contributed by atoms with Gasteiger partial charge in [0.15, 0.2) is 6.29 Å². The van der Waals surface area contributed by atoms with Crippen molar-refractivity contribution in [3.8, 4) is 0 Å². The summed E-state index contributed by atoms with van der Waals surface area (Å²) in [7, 11) is 0. The monoisotopic (exact) mass is 446 g/mol. The molecular weight excluding hydrogens is 416 g/mol. The Morgan fingerprint density at radius 2 is 1.74 bits per heavy atom. The van der Waals surface area contributed by atoms with Crippen molar-refractivity contribution in [1.29, 1.82) is 0 Å². The first kappa shape index (κ1) is 26.6. The third-order valence-electron chi connectivity index (χ3n) is 3.96. The number of carbonyl (C=O) groups excluding carboxylic acids is 3. The Kier molecular flexibility index (Phi) is 13.2. The molecule has 1 aliphatic heterocycles. The van der Waals surface area contributed by atoms with Gasteiger partial charge in [-0.15, -0.1) is 0 Å². The van der Waals surface area contributed by atoms with E-state index in [1.807, 2.05) is 0 Å². The van der Waals surface area contributed by atoms with Crippen molar-refractivity contribution in [2.45, 2.75) is 51.7 Å². The highest BCUT2D eigenvalue weighted by Crippen LogP contribution is 2.24. The van der Waals surface area contributed by atoms with Gasteiger partial charge in [0.05, 0.1) is 39.1 Å². The Morgan fingerprint density at radius 3 is 2.35 bits per heavy atom. The van der Waals surface area contributed by atoms with E-state index in [1.165, 1.54) is 20.8 Å². The Morgan fingerprint density at radius 1 is 1.06 bits per heavy atom. The van der Waals surface area contributed by atoms with E-state index >= 15 is 0 Å². The van der Waals surface area contributed by atoms with Gasteiger partial charge in [-0.1, -0.05) is 5.11 Å². The van der Waals surface area contributed by atoms with E-state index in [9.17, 15) is 14.4 Å². The molecule has 0 aliphatic carbocycles. The van der Waals surface area contributed by atoms with Crippen molar-refractivity contribution >= 4 is 17.8 Å². The van der Waals surface area contributed by atoms with Gasteiger partial charge in [0.1, 0.15) is 18.8 Å². The fourth-order valence-corrected chi connectivity index (χ4v) is 2.80. The maximum absolute atomic E-state index is 11.6. The van der Waals surface area contributed by atoms with Gasteiger partial charge in [-0.3, -0.25) is 14.4 Å². The third kappa shape index (κ3) is 12.1. The van der Waals surface area contributed by atoms with Crippen molar-refractivity contribution in [1.82, 2.24) is 5.32 Å². The molecule has 13 nitrogen and oxygen atoms in total. The standard InChI is InChI=1S/C18H30N4O9/c1-12(23)21-17-16(30-14(3)25)10-15(11-29-13(2)24)31-18(17)28-9-8-27-7-6-26-5-4-20-22-19/h15-18H,4-11H2,1-3H3,(H,21,23). The molecule has 0 aromatic heterocycles. The highest BCUT2D eigenvalue weighted by Gasteiger charge is 2.42. The number of ether oxygens (including phenoxy) is 6. The smallest absolute Gasteiger partial charge is 0.302 e. The number of carbonyl (C=O) groups is 3. The zero-order chi connectivity index (χ0) is 23.1. The molecule has 1 N–H and O–H groups in total. The molecule has 31 heavy (non-hydrogen) atoms. The van der Waals surface area contributed by atoms with Crippen molar-refractivity contribution in [2.75, 3.05) is 46.2 Å². The SMILES string of the molecule is CC(=O)NC1C(OC(C)=O)CC(COC(C)=O)OC1OCCOCCOCCN=[N+]=[N-]. The average molecular weight is 446 g/mol. The number of hydrogen-bond acceptors (Lipinski definition) is 10. The Hall–Kier alpha value is -2.44. The minimum atomic E-state index is -0.939. The molecule has 0 aromatic rings. The van der Waals surface area contributed by atoms with Gasteiger partial charge < -0.3 is 33.7 Å². The van der Waals surface area contributed by atoms with Crippen LogP contribution in [0, 0.1) is 0 Å². The topological polar surface area (TPSA) is 167 Å². The number of amides is 1. The molecule has 176 valence electrons. The van der Waals surface area contributed by atoms with Crippen LogP contribution in [0.5, 0.6) is 0 Å². The summed E-state index contributed by atoms with van der Waals surface area (Å²) in [5.74, 6) is -1.33. The molecule has 0 radical (unpaired) electrons. The summed E-state index contributed by atoms with van der Waals surface area (Å²) in [6.45, 7) is 5.38. The van der Waals surface area contributed by atoms with E-state index in [0.29, 0.717) is 19.8 Å². The van der Waals surface area contributed by atoms with E-state index in [-0.39, 0.29) is 38.7 Å². The second kappa shape index (κ2) is 15.4. The van der Waals surface area contributed by atoms with Gasteiger partial charge >= 0.3 is 11.9 Å². The van der Waals surface area contributed by atoms with Crippen molar-refractivity contribution in [3.05, 3.63) is 10.4 Å². The van der Waals surface area contributed by atoms with Crippen molar-refractivity contribution < 1.29 is 42.8 Å². The fraction of sp³-hybridized carbons (Fsp3) is 0.833. The molecule has 4 unspecified atom stereocenters. The lowest BCUT2D eigenvalue weighted by Crippen LogP contribution is -2.59. The predicted octanol–water partition coefficient (Wildman–Crippen LogP) is 0.461. The first-order chi connectivity index (χ1) is 14.8. The number of azide groups is 1. The van der Waals surface area contributed by atoms with E-state index in [0.717, 1.165) is 0 Å². The summed E-state index contributed by atoms with van der Waals surface area (Å²) in [6.07, 6.45) is -2.01. The number of esters is 2. The number of nitrogens with zero attached hydrogens (tertiary/aromatic N) is 3. The Balaban J connectivity index is 2.55. The predicted molar refractivity (Wildman–Crippen MR) is 105 cm³/mol. The van der Waals surface area contributed by atoms with Crippen LogP contribution in [-0.4, -0.2) is 88.6 Å². The van der Waals surface area contributed by atoms with E-state index in [2.05, 4.69) is 15.3 Å². The molecule has 1 fully saturated rings. The van der Waals surface area contributed by atoms with E-state index in [1.54, 1.807) is 0 Å². The molecular formula is C18H30N4O9. The maximum atomic E-state index is 11.6. The van der Waals surface area contributed by atoms with Crippen LogP contribution < -0.4 is 5.32 Å². The summed E-state index contributed by atoms with van der Waals surface area (Å²) in [5, 5.41) is 6.03. The zero-order valence-electron chi connectivity index (χ0n) is 18.0. The summed E-state index contributed by atoms with van der Waals surface area (Å²) in [5.41, 5.74) is 8.15. The highest BCUT2D eigenvalue weighted by molar-refractivity contribution is 5.73. The summed E-state index contributed by atoms with van der Waals surface area (Å²) < 4.78 is 32.5. The van der Waals surface area contributed by atoms with Crippen LogP contribution in [-0.2, 0) is 42.8 Å². The molecule has 1 rings (SSSR count). The van der Waals surface area contributed by atoms with Crippen LogP contribution in [0.15, 0.2) is 5.11 Å². The number of rotatable bonds is 14. The quantitative estimate of drug-likeness (QED) is 0.131. The van der Waals surface area contributed by atoms with Gasteiger partial charge in [0.25, 0.3) is 0 Å². The van der Waals surface area contributed by atoms with Crippen molar-refractivity contribution in [2.24, 2.45) is 5.11 Å². The van der Waals surface area contributed by atoms with Crippen LogP contribution in [0.25, 0.3) is 10.4 Å². The van der Waals surface area contributed by atoms with Crippen LogP contribution in [0.3, 0.4) is 0 Å². The lowest BCUT2D eigenvalue weighted by Gasteiger charge is -2.40. The number of nitrogens with one attached hydrogen (secondary N) is 1.